The van der Waals surface area contributed by atoms with Crippen LogP contribution in [0.5, 0.6) is 0 Å². The van der Waals surface area contributed by atoms with Gasteiger partial charge in [-0.15, -0.1) is 12.4 Å². The maximum absolute atomic E-state index is 13.4. The molecule has 4 heteroatoms. The molecule has 1 heterocycles. The molecule has 1 aliphatic heterocycles. The van der Waals surface area contributed by atoms with E-state index in [9.17, 15) is 8.78 Å². The fourth-order valence-electron chi connectivity index (χ4n) is 2.31. The summed E-state index contributed by atoms with van der Waals surface area (Å²) in [6.45, 7) is 4.22. The third-order valence-electron chi connectivity index (χ3n) is 3.31. The van der Waals surface area contributed by atoms with Gasteiger partial charge in [0.25, 0.3) is 5.92 Å². The Kier molecular flexibility index (Phi) is 4.15. The van der Waals surface area contributed by atoms with Gasteiger partial charge in [0.05, 0.1) is 0 Å². The van der Waals surface area contributed by atoms with Gasteiger partial charge in [0.2, 0.25) is 0 Å². The van der Waals surface area contributed by atoms with Crippen LogP contribution in [-0.4, -0.2) is 12.5 Å². The molecule has 1 fully saturated rings. The number of hydrogen-bond donors (Lipinski definition) is 1. The van der Waals surface area contributed by atoms with Gasteiger partial charge >= 0.3 is 0 Å². The molecule has 1 aliphatic rings. The van der Waals surface area contributed by atoms with E-state index in [1.165, 1.54) is 0 Å². The van der Waals surface area contributed by atoms with Crippen molar-refractivity contribution in [1.29, 1.82) is 0 Å². The molecule has 0 radical (unpaired) electrons. The smallest absolute Gasteiger partial charge is 0.251 e. The van der Waals surface area contributed by atoms with E-state index in [-0.39, 0.29) is 25.2 Å². The van der Waals surface area contributed by atoms with Crippen LogP contribution in [0, 0.1) is 6.92 Å². The zero-order chi connectivity index (χ0) is 11.8. The molecule has 0 bridgehead atoms. The predicted molar refractivity (Wildman–Crippen MR) is 68.0 cm³/mol. The van der Waals surface area contributed by atoms with Gasteiger partial charge in [0.15, 0.2) is 0 Å². The van der Waals surface area contributed by atoms with Crippen LogP contribution in [0.15, 0.2) is 24.3 Å². The molecule has 0 amide bonds. The number of aryl methyl sites for hydroxylation is 1. The molecule has 0 spiro atoms. The zero-order valence-corrected chi connectivity index (χ0v) is 10.9. The molecule has 1 unspecified atom stereocenters. The van der Waals surface area contributed by atoms with E-state index in [4.69, 9.17) is 0 Å². The summed E-state index contributed by atoms with van der Waals surface area (Å²) in [6.07, 6.45) is -0.183. The van der Waals surface area contributed by atoms with Crippen molar-refractivity contribution < 1.29 is 8.78 Å². The number of benzene rings is 1. The van der Waals surface area contributed by atoms with Crippen LogP contribution in [0.4, 0.5) is 8.78 Å². The number of halogens is 3. The zero-order valence-electron chi connectivity index (χ0n) is 10.1. The van der Waals surface area contributed by atoms with Crippen molar-refractivity contribution in [2.45, 2.75) is 38.2 Å². The fourth-order valence-corrected chi connectivity index (χ4v) is 2.31. The number of piperidine rings is 1. The van der Waals surface area contributed by atoms with Gasteiger partial charge in [-0.3, -0.25) is 0 Å². The van der Waals surface area contributed by atoms with Crippen LogP contribution in [-0.2, 0) is 5.54 Å². The normalized spacial score (nSPS) is 27.3. The number of nitrogens with one attached hydrogen (secondary N) is 1. The van der Waals surface area contributed by atoms with Crippen LogP contribution in [0.1, 0.15) is 30.9 Å². The van der Waals surface area contributed by atoms with E-state index in [0.717, 1.165) is 11.1 Å². The first-order valence-corrected chi connectivity index (χ1v) is 5.61. The molecule has 1 N–H and O–H groups in total. The molecule has 1 nitrogen and oxygen atoms in total. The number of hydrogen-bond acceptors (Lipinski definition) is 1. The van der Waals surface area contributed by atoms with E-state index in [1.807, 2.05) is 38.1 Å². The first-order chi connectivity index (χ1) is 7.41. The quantitative estimate of drug-likeness (QED) is 0.814. The minimum Gasteiger partial charge on any atom is -0.307 e. The second-order valence-electron chi connectivity index (χ2n) is 4.91. The highest BCUT2D eigenvalue weighted by Crippen LogP contribution is 2.38. The summed E-state index contributed by atoms with van der Waals surface area (Å²) >= 11 is 0. The van der Waals surface area contributed by atoms with Crippen molar-refractivity contribution in [2.75, 3.05) is 6.54 Å². The van der Waals surface area contributed by atoms with E-state index in [1.54, 1.807) is 0 Å². The lowest BCUT2D eigenvalue weighted by Gasteiger charge is -2.39. The van der Waals surface area contributed by atoms with Crippen LogP contribution in [0.3, 0.4) is 0 Å². The Balaban J connectivity index is 0.00000144. The number of rotatable bonds is 1. The van der Waals surface area contributed by atoms with Crippen molar-refractivity contribution in [1.82, 2.24) is 5.32 Å². The van der Waals surface area contributed by atoms with Crippen molar-refractivity contribution >= 4 is 12.4 Å². The molecule has 1 saturated heterocycles. The average Bonchev–Trinajstić information content (AvgIpc) is 2.16. The lowest BCUT2D eigenvalue weighted by molar-refractivity contribution is -0.0611. The second-order valence-corrected chi connectivity index (χ2v) is 4.91. The maximum Gasteiger partial charge on any atom is 0.251 e. The molecule has 96 valence electrons. The van der Waals surface area contributed by atoms with E-state index in [2.05, 4.69) is 5.32 Å². The number of alkyl halides is 2. The van der Waals surface area contributed by atoms with Crippen molar-refractivity contribution in [3.05, 3.63) is 35.4 Å². The van der Waals surface area contributed by atoms with E-state index in [0.29, 0.717) is 6.54 Å². The van der Waals surface area contributed by atoms with Crippen molar-refractivity contribution in [2.24, 2.45) is 0 Å². The summed E-state index contributed by atoms with van der Waals surface area (Å²) in [7, 11) is 0. The van der Waals surface area contributed by atoms with Gasteiger partial charge in [0, 0.05) is 24.9 Å². The Morgan fingerprint density at radius 1 is 1.18 bits per heavy atom. The minimum atomic E-state index is -2.55. The molecule has 1 aromatic carbocycles. The van der Waals surface area contributed by atoms with Gasteiger partial charge in [-0.1, -0.05) is 29.8 Å². The summed E-state index contributed by atoms with van der Waals surface area (Å²) in [6, 6.07) is 7.80. The Bertz CT molecular complexity index is 378. The molecule has 1 aromatic rings. The molecule has 0 aliphatic carbocycles. The largest absolute Gasteiger partial charge is 0.307 e. The highest BCUT2D eigenvalue weighted by atomic mass is 35.5. The average molecular weight is 262 g/mol. The molecule has 2 rings (SSSR count). The third-order valence-corrected chi connectivity index (χ3v) is 3.31. The molecule has 17 heavy (non-hydrogen) atoms. The monoisotopic (exact) mass is 261 g/mol. The molecule has 0 saturated carbocycles. The Morgan fingerprint density at radius 2 is 1.76 bits per heavy atom. The van der Waals surface area contributed by atoms with Gasteiger partial charge < -0.3 is 5.32 Å². The predicted octanol–water partition coefficient (Wildman–Crippen LogP) is 3.65. The topological polar surface area (TPSA) is 12.0 Å². The summed E-state index contributed by atoms with van der Waals surface area (Å²) in [4.78, 5) is 0. The highest BCUT2D eigenvalue weighted by Gasteiger charge is 2.43. The lowest BCUT2D eigenvalue weighted by atomic mass is 9.82. The van der Waals surface area contributed by atoms with Gasteiger partial charge in [-0.2, -0.15) is 0 Å². The maximum atomic E-state index is 13.4. The first kappa shape index (κ1) is 14.4. The fraction of sp³-hybridized carbons (Fsp3) is 0.538. The second kappa shape index (κ2) is 4.91. The standard InChI is InChI=1S/C13H17F2N.ClH/c1-10-3-5-11(6-4-10)12(2)9-13(14,15)7-8-16-12;/h3-6,16H,7-9H2,1-2H3;1H. The SMILES string of the molecule is Cc1ccc(C2(C)CC(F)(F)CCN2)cc1.Cl. The molecule has 0 aromatic heterocycles. The Hall–Kier alpha value is -0.670. The van der Waals surface area contributed by atoms with Crippen LogP contribution in [0.2, 0.25) is 0 Å². The highest BCUT2D eigenvalue weighted by molar-refractivity contribution is 5.85. The summed E-state index contributed by atoms with van der Waals surface area (Å²) in [5.41, 5.74) is 1.49. The molecule has 1 atom stereocenters. The van der Waals surface area contributed by atoms with Crippen molar-refractivity contribution in [3.63, 3.8) is 0 Å². The van der Waals surface area contributed by atoms with Crippen LogP contribution < -0.4 is 5.32 Å². The van der Waals surface area contributed by atoms with Crippen molar-refractivity contribution in [3.8, 4) is 0 Å². The van der Waals surface area contributed by atoms with Gasteiger partial charge in [-0.05, 0) is 19.4 Å². The van der Waals surface area contributed by atoms with Crippen LogP contribution >= 0.6 is 12.4 Å². The van der Waals surface area contributed by atoms with E-state index < -0.39 is 11.5 Å². The molecular weight excluding hydrogens is 244 g/mol. The summed E-state index contributed by atoms with van der Waals surface area (Å²) in [5.74, 6) is -2.55. The van der Waals surface area contributed by atoms with Crippen LogP contribution in [0.25, 0.3) is 0 Å². The summed E-state index contributed by atoms with van der Waals surface area (Å²) < 4.78 is 26.8. The minimum absolute atomic E-state index is 0. The van der Waals surface area contributed by atoms with E-state index >= 15 is 0 Å². The van der Waals surface area contributed by atoms with Gasteiger partial charge in [-0.25, -0.2) is 8.78 Å². The summed E-state index contributed by atoms with van der Waals surface area (Å²) in [5, 5.41) is 3.21. The van der Waals surface area contributed by atoms with Gasteiger partial charge in [0.1, 0.15) is 0 Å². The Labute approximate surface area is 107 Å². The lowest BCUT2D eigenvalue weighted by Crippen LogP contribution is -2.50. The first-order valence-electron chi connectivity index (χ1n) is 5.61. The third kappa shape index (κ3) is 3.17. The molecular formula is C13H18ClF2N. The Morgan fingerprint density at radius 3 is 2.29 bits per heavy atom.